The third-order valence-electron chi connectivity index (χ3n) is 4.31. The van der Waals surface area contributed by atoms with Crippen molar-refractivity contribution in [2.24, 2.45) is 7.05 Å². The Morgan fingerprint density at radius 1 is 1.23 bits per heavy atom. The molecule has 0 bridgehead atoms. The lowest BCUT2D eigenvalue weighted by Gasteiger charge is -2.32. The van der Waals surface area contributed by atoms with Crippen molar-refractivity contribution in [3.05, 3.63) is 46.5 Å². The van der Waals surface area contributed by atoms with Crippen LogP contribution in [0.15, 0.2) is 29.6 Å². The molecule has 0 spiro atoms. The standard InChI is InChI=1S/C16H19F3N6O/c1-24-8-12(20-7-15(24)26)9-25-4-2-11(3-5-25)23-14-6-13(16(17,18)19)21-10-22-14/h6-8,10-11H,2-5,9H2,1H3,(H,21,22,23). The van der Waals surface area contributed by atoms with Crippen molar-refractivity contribution in [3.8, 4) is 0 Å². The highest BCUT2D eigenvalue weighted by molar-refractivity contribution is 5.36. The van der Waals surface area contributed by atoms with Crippen molar-refractivity contribution in [2.75, 3.05) is 18.4 Å². The Balaban J connectivity index is 1.54. The first kappa shape index (κ1) is 18.3. The molecule has 2 aromatic heterocycles. The van der Waals surface area contributed by atoms with Crippen LogP contribution >= 0.6 is 0 Å². The number of nitrogens with zero attached hydrogens (tertiary/aromatic N) is 5. The van der Waals surface area contributed by atoms with Gasteiger partial charge < -0.3 is 9.88 Å². The highest BCUT2D eigenvalue weighted by Gasteiger charge is 2.33. The van der Waals surface area contributed by atoms with Gasteiger partial charge in [0.05, 0.1) is 11.9 Å². The maximum atomic E-state index is 12.7. The van der Waals surface area contributed by atoms with Crippen molar-refractivity contribution < 1.29 is 13.2 Å². The number of alkyl halides is 3. The molecule has 1 fully saturated rings. The van der Waals surface area contributed by atoms with E-state index in [4.69, 9.17) is 0 Å². The van der Waals surface area contributed by atoms with Gasteiger partial charge in [-0.25, -0.2) is 9.97 Å². The average molecular weight is 368 g/mol. The second-order valence-electron chi connectivity index (χ2n) is 6.31. The summed E-state index contributed by atoms with van der Waals surface area (Å²) in [5.41, 5.74) is -0.294. The van der Waals surface area contributed by atoms with E-state index in [9.17, 15) is 18.0 Å². The lowest BCUT2D eigenvalue weighted by molar-refractivity contribution is -0.141. The molecule has 0 saturated carbocycles. The van der Waals surface area contributed by atoms with Crippen LogP contribution in [0.4, 0.5) is 19.0 Å². The lowest BCUT2D eigenvalue weighted by atomic mass is 10.0. The molecule has 7 nitrogen and oxygen atoms in total. The first-order valence-corrected chi connectivity index (χ1v) is 8.21. The third kappa shape index (κ3) is 4.57. The fraction of sp³-hybridized carbons (Fsp3) is 0.500. The fourth-order valence-corrected chi connectivity index (χ4v) is 2.90. The number of hydrogen-bond donors (Lipinski definition) is 1. The van der Waals surface area contributed by atoms with E-state index in [2.05, 4.69) is 25.2 Å². The lowest BCUT2D eigenvalue weighted by Crippen LogP contribution is -2.39. The van der Waals surface area contributed by atoms with E-state index in [1.165, 1.54) is 10.8 Å². The summed E-state index contributed by atoms with van der Waals surface area (Å²) in [7, 11) is 1.68. The topological polar surface area (TPSA) is 75.9 Å². The van der Waals surface area contributed by atoms with Gasteiger partial charge >= 0.3 is 6.18 Å². The first-order valence-electron chi connectivity index (χ1n) is 8.21. The Kier molecular flexibility index (Phi) is 5.21. The molecule has 0 unspecified atom stereocenters. The average Bonchev–Trinajstić information content (AvgIpc) is 2.59. The van der Waals surface area contributed by atoms with E-state index in [1.54, 1.807) is 13.2 Å². The molecule has 0 atom stereocenters. The van der Waals surface area contributed by atoms with Crippen molar-refractivity contribution >= 4 is 5.82 Å². The summed E-state index contributed by atoms with van der Waals surface area (Å²) in [5, 5.41) is 3.06. The molecule has 140 valence electrons. The van der Waals surface area contributed by atoms with Gasteiger partial charge in [0.15, 0.2) is 0 Å². The Morgan fingerprint density at radius 2 is 1.96 bits per heavy atom. The summed E-state index contributed by atoms with van der Waals surface area (Å²) in [5.74, 6) is 0.186. The van der Waals surface area contributed by atoms with Crippen LogP contribution in [0.25, 0.3) is 0 Å². The number of likely N-dealkylation sites (tertiary alicyclic amines) is 1. The second-order valence-corrected chi connectivity index (χ2v) is 6.31. The number of nitrogens with one attached hydrogen (secondary N) is 1. The summed E-state index contributed by atoms with van der Waals surface area (Å²) < 4.78 is 39.6. The number of aryl methyl sites for hydroxylation is 1. The van der Waals surface area contributed by atoms with Crippen LogP contribution in [-0.2, 0) is 19.8 Å². The molecule has 1 aliphatic rings. The van der Waals surface area contributed by atoms with Gasteiger partial charge in [-0.05, 0) is 12.8 Å². The van der Waals surface area contributed by atoms with Crippen molar-refractivity contribution in [2.45, 2.75) is 31.6 Å². The molecule has 3 heterocycles. The number of rotatable bonds is 4. The van der Waals surface area contributed by atoms with Gasteiger partial charge in [0.25, 0.3) is 5.56 Å². The molecule has 1 aliphatic heterocycles. The Morgan fingerprint density at radius 3 is 2.62 bits per heavy atom. The Labute approximate surface area is 147 Å². The molecule has 3 rings (SSSR count). The number of piperidine rings is 1. The van der Waals surface area contributed by atoms with Gasteiger partial charge in [-0.15, -0.1) is 0 Å². The van der Waals surface area contributed by atoms with Gasteiger partial charge in [0.2, 0.25) is 0 Å². The summed E-state index contributed by atoms with van der Waals surface area (Å²) in [6.07, 6.45) is 1.01. The van der Waals surface area contributed by atoms with Crippen LogP contribution < -0.4 is 10.9 Å². The van der Waals surface area contributed by atoms with Crippen LogP contribution in [0.3, 0.4) is 0 Å². The van der Waals surface area contributed by atoms with Crippen molar-refractivity contribution in [1.82, 2.24) is 24.4 Å². The number of anilines is 1. The SMILES string of the molecule is Cn1cc(CN2CCC(Nc3cc(C(F)(F)F)ncn3)CC2)ncc1=O. The Hall–Kier alpha value is -2.49. The monoisotopic (exact) mass is 368 g/mol. The number of halogens is 3. The minimum Gasteiger partial charge on any atom is -0.367 e. The van der Waals surface area contributed by atoms with Crippen LogP contribution in [0.2, 0.25) is 0 Å². The molecular weight excluding hydrogens is 349 g/mol. The van der Waals surface area contributed by atoms with Crippen LogP contribution in [0.1, 0.15) is 24.2 Å². The van der Waals surface area contributed by atoms with Crippen LogP contribution in [-0.4, -0.2) is 43.6 Å². The van der Waals surface area contributed by atoms with Crippen LogP contribution in [0, 0.1) is 0 Å². The quantitative estimate of drug-likeness (QED) is 0.885. The Bertz CT molecular complexity index is 814. The largest absolute Gasteiger partial charge is 0.433 e. The zero-order valence-electron chi connectivity index (χ0n) is 14.2. The van der Waals surface area contributed by atoms with E-state index in [1.807, 2.05) is 0 Å². The van der Waals surface area contributed by atoms with E-state index in [-0.39, 0.29) is 17.4 Å². The highest BCUT2D eigenvalue weighted by atomic mass is 19.4. The zero-order valence-corrected chi connectivity index (χ0v) is 14.2. The normalized spacial score (nSPS) is 16.6. The van der Waals surface area contributed by atoms with Gasteiger partial charge in [-0.1, -0.05) is 0 Å². The minimum absolute atomic E-state index is 0.0512. The van der Waals surface area contributed by atoms with E-state index in [0.717, 1.165) is 44.0 Å². The molecule has 1 saturated heterocycles. The molecular formula is C16H19F3N6O. The zero-order chi connectivity index (χ0) is 18.7. The van der Waals surface area contributed by atoms with Crippen molar-refractivity contribution in [3.63, 3.8) is 0 Å². The predicted octanol–water partition coefficient (Wildman–Crippen LogP) is 1.67. The highest BCUT2D eigenvalue weighted by Crippen LogP contribution is 2.28. The molecule has 0 aliphatic carbocycles. The predicted molar refractivity (Wildman–Crippen MR) is 88.4 cm³/mol. The first-order chi connectivity index (χ1) is 12.3. The van der Waals surface area contributed by atoms with Crippen molar-refractivity contribution in [1.29, 1.82) is 0 Å². The van der Waals surface area contributed by atoms with Gasteiger partial charge in [0, 0.05) is 45.0 Å². The molecule has 0 amide bonds. The maximum absolute atomic E-state index is 12.7. The van der Waals surface area contributed by atoms with Gasteiger partial charge in [0.1, 0.15) is 17.8 Å². The van der Waals surface area contributed by atoms with Gasteiger partial charge in [-0.2, -0.15) is 13.2 Å². The molecule has 10 heteroatoms. The van der Waals surface area contributed by atoms with Crippen LogP contribution in [0.5, 0.6) is 0 Å². The molecule has 2 aromatic rings. The van der Waals surface area contributed by atoms with E-state index in [0.29, 0.717) is 6.54 Å². The van der Waals surface area contributed by atoms with Gasteiger partial charge in [-0.3, -0.25) is 14.7 Å². The number of hydrogen-bond acceptors (Lipinski definition) is 6. The van der Waals surface area contributed by atoms with E-state index >= 15 is 0 Å². The molecule has 0 aromatic carbocycles. The summed E-state index contributed by atoms with van der Waals surface area (Å²) in [4.78, 5) is 24.8. The van der Waals surface area contributed by atoms with E-state index < -0.39 is 11.9 Å². The number of aromatic nitrogens is 4. The third-order valence-corrected chi connectivity index (χ3v) is 4.31. The second kappa shape index (κ2) is 7.40. The summed E-state index contributed by atoms with van der Waals surface area (Å²) >= 11 is 0. The summed E-state index contributed by atoms with van der Waals surface area (Å²) in [6, 6.07) is 0.983. The maximum Gasteiger partial charge on any atom is 0.433 e. The minimum atomic E-state index is -4.48. The smallest absolute Gasteiger partial charge is 0.367 e. The molecule has 1 N–H and O–H groups in total. The fourth-order valence-electron chi connectivity index (χ4n) is 2.90. The molecule has 0 radical (unpaired) electrons. The summed E-state index contributed by atoms with van der Waals surface area (Å²) in [6.45, 7) is 2.19. The molecule has 26 heavy (non-hydrogen) atoms.